The largest absolute Gasteiger partial charge is 0.377 e. The minimum absolute atomic E-state index is 0.212. The third-order valence-electron chi connectivity index (χ3n) is 2.35. The highest BCUT2D eigenvalue weighted by Gasteiger charge is 2.21. The fourth-order valence-electron chi connectivity index (χ4n) is 1.54. The molecular formula is C10H19NO. The van der Waals surface area contributed by atoms with Crippen LogP contribution in [0.5, 0.6) is 0 Å². The van der Waals surface area contributed by atoms with Crippen molar-refractivity contribution in [2.24, 2.45) is 5.73 Å². The molecule has 0 aromatic carbocycles. The number of nitrogens with two attached hydrogens (primary N) is 1. The molecule has 2 heteroatoms. The molecule has 0 spiro atoms. The first kappa shape index (κ1) is 9.75. The van der Waals surface area contributed by atoms with Gasteiger partial charge < -0.3 is 10.5 Å². The van der Waals surface area contributed by atoms with Crippen LogP contribution < -0.4 is 5.73 Å². The zero-order valence-electron chi connectivity index (χ0n) is 7.88. The summed E-state index contributed by atoms with van der Waals surface area (Å²) in [7, 11) is 0. The van der Waals surface area contributed by atoms with Gasteiger partial charge in [0, 0.05) is 12.6 Å². The molecule has 2 atom stereocenters. The van der Waals surface area contributed by atoms with Gasteiger partial charge in [0.2, 0.25) is 0 Å². The lowest BCUT2D eigenvalue weighted by Crippen LogP contribution is -2.33. The van der Waals surface area contributed by atoms with Crippen molar-refractivity contribution in [1.29, 1.82) is 0 Å². The standard InChI is InChI=1S/C10H19NO/c1-8(2)5-6-9(11)10-4-3-7-12-10/h9-10H,1,3-7,11H2,2H3. The molecule has 0 aromatic rings. The smallest absolute Gasteiger partial charge is 0.0726 e. The molecule has 1 aliphatic rings. The van der Waals surface area contributed by atoms with Crippen LogP contribution in [0.3, 0.4) is 0 Å². The van der Waals surface area contributed by atoms with Crippen LogP contribution >= 0.6 is 0 Å². The molecule has 12 heavy (non-hydrogen) atoms. The Kier molecular flexibility index (Phi) is 3.76. The molecule has 2 unspecified atom stereocenters. The van der Waals surface area contributed by atoms with Crippen molar-refractivity contribution >= 4 is 0 Å². The van der Waals surface area contributed by atoms with Gasteiger partial charge in [-0.1, -0.05) is 5.57 Å². The average Bonchev–Trinajstić information content (AvgIpc) is 2.51. The van der Waals surface area contributed by atoms with Crippen LogP contribution in [0.1, 0.15) is 32.6 Å². The van der Waals surface area contributed by atoms with Gasteiger partial charge >= 0.3 is 0 Å². The third-order valence-corrected chi connectivity index (χ3v) is 2.35. The SMILES string of the molecule is C=C(C)CCC(N)C1CCCO1. The lowest BCUT2D eigenvalue weighted by Gasteiger charge is -2.18. The average molecular weight is 169 g/mol. The number of ether oxygens (including phenoxy) is 1. The maximum absolute atomic E-state index is 5.96. The first-order valence-electron chi connectivity index (χ1n) is 4.71. The van der Waals surface area contributed by atoms with Crippen molar-refractivity contribution in [3.05, 3.63) is 12.2 Å². The van der Waals surface area contributed by atoms with E-state index in [2.05, 4.69) is 6.58 Å². The van der Waals surface area contributed by atoms with Crippen molar-refractivity contribution in [1.82, 2.24) is 0 Å². The van der Waals surface area contributed by atoms with Crippen LogP contribution in [0.2, 0.25) is 0 Å². The zero-order chi connectivity index (χ0) is 8.97. The van der Waals surface area contributed by atoms with E-state index in [9.17, 15) is 0 Å². The van der Waals surface area contributed by atoms with Crippen LogP contribution in [0, 0.1) is 0 Å². The summed E-state index contributed by atoms with van der Waals surface area (Å²) in [5.74, 6) is 0. The monoisotopic (exact) mass is 169 g/mol. The molecule has 1 heterocycles. The Morgan fingerprint density at radius 1 is 1.75 bits per heavy atom. The predicted molar refractivity (Wildman–Crippen MR) is 51.0 cm³/mol. The van der Waals surface area contributed by atoms with E-state index in [1.165, 1.54) is 12.0 Å². The number of hydrogen-bond acceptors (Lipinski definition) is 2. The Balaban J connectivity index is 2.17. The van der Waals surface area contributed by atoms with Gasteiger partial charge in [0.05, 0.1) is 6.10 Å². The summed E-state index contributed by atoms with van der Waals surface area (Å²) in [6.45, 7) is 6.80. The molecule has 2 nitrogen and oxygen atoms in total. The minimum Gasteiger partial charge on any atom is -0.377 e. The molecule has 1 saturated heterocycles. The lowest BCUT2D eigenvalue weighted by atomic mass is 10.0. The van der Waals surface area contributed by atoms with Gasteiger partial charge in [-0.05, 0) is 32.6 Å². The van der Waals surface area contributed by atoms with Crippen molar-refractivity contribution < 1.29 is 4.74 Å². The summed E-state index contributed by atoms with van der Waals surface area (Å²) >= 11 is 0. The van der Waals surface area contributed by atoms with E-state index in [0.29, 0.717) is 6.10 Å². The van der Waals surface area contributed by atoms with Crippen molar-refractivity contribution in [3.63, 3.8) is 0 Å². The van der Waals surface area contributed by atoms with E-state index in [-0.39, 0.29) is 6.04 Å². The molecule has 1 fully saturated rings. The van der Waals surface area contributed by atoms with Gasteiger partial charge in [-0.25, -0.2) is 0 Å². The molecule has 1 aliphatic heterocycles. The van der Waals surface area contributed by atoms with Gasteiger partial charge in [-0.3, -0.25) is 0 Å². The number of hydrogen-bond donors (Lipinski definition) is 1. The second kappa shape index (κ2) is 4.63. The van der Waals surface area contributed by atoms with E-state index in [1.54, 1.807) is 0 Å². The normalized spacial score (nSPS) is 25.7. The molecule has 2 N–H and O–H groups in total. The van der Waals surface area contributed by atoms with E-state index < -0.39 is 0 Å². The summed E-state index contributed by atoms with van der Waals surface area (Å²) in [5.41, 5.74) is 7.17. The Hall–Kier alpha value is -0.340. The molecular weight excluding hydrogens is 150 g/mol. The topological polar surface area (TPSA) is 35.2 Å². The first-order valence-corrected chi connectivity index (χ1v) is 4.71. The molecule has 1 rings (SSSR count). The third kappa shape index (κ3) is 2.95. The van der Waals surface area contributed by atoms with Crippen molar-refractivity contribution in [2.45, 2.75) is 44.8 Å². The summed E-state index contributed by atoms with van der Waals surface area (Å²) in [6.07, 6.45) is 4.66. The molecule has 0 saturated carbocycles. The summed E-state index contributed by atoms with van der Waals surface area (Å²) in [5, 5.41) is 0. The summed E-state index contributed by atoms with van der Waals surface area (Å²) in [6, 6.07) is 0.212. The first-order chi connectivity index (χ1) is 5.70. The second-order valence-corrected chi connectivity index (χ2v) is 3.71. The van der Waals surface area contributed by atoms with E-state index in [4.69, 9.17) is 10.5 Å². The fourth-order valence-corrected chi connectivity index (χ4v) is 1.54. The van der Waals surface area contributed by atoms with E-state index >= 15 is 0 Å². The van der Waals surface area contributed by atoms with Gasteiger partial charge in [-0.2, -0.15) is 0 Å². The van der Waals surface area contributed by atoms with Crippen molar-refractivity contribution in [3.8, 4) is 0 Å². The van der Waals surface area contributed by atoms with Crippen LogP contribution in [0.4, 0.5) is 0 Å². The van der Waals surface area contributed by atoms with E-state index in [0.717, 1.165) is 25.9 Å². The molecule has 70 valence electrons. The number of allylic oxidation sites excluding steroid dienone is 1. The van der Waals surface area contributed by atoms with Crippen molar-refractivity contribution in [2.75, 3.05) is 6.61 Å². The highest BCUT2D eigenvalue weighted by molar-refractivity contribution is 4.90. The fraction of sp³-hybridized carbons (Fsp3) is 0.800. The molecule has 0 amide bonds. The zero-order valence-corrected chi connectivity index (χ0v) is 7.88. The second-order valence-electron chi connectivity index (χ2n) is 3.71. The van der Waals surface area contributed by atoms with Crippen LogP contribution in [0.25, 0.3) is 0 Å². The molecule has 0 radical (unpaired) electrons. The highest BCUT2D eigenvalue weighted by Crippen LogP contribution is 2.18. The van der Waals surface area contributed by atoms with E-state index in [1.807, 2.05) is 6.92 Å². The van der Waals surface area contributed by atoms with Gasteiger partial charge in [0.25, 0.3) is 0 Å². The minimum atomic E-state index is 0.212. The lowest BCUT2D eigenvalue weighted by molar-refractivity contribution is 0.0877. The summed E-state index contributed by atoms with van der Waals surface area (Å²) < 4.78 is 5.49. The predicted octanol–water partition coefficient (Wildman–Crippen LogP) is 1.85. The maximum Gasteiger partial charge on any atom is 0.0726 e. The van der Waals surface area contributed by atoms with Crippen LogP contribution in [0.15, 0.2) is 12.2 Å². The Morgan fingerprint density at radius 3 is 3.00 bits per heavy atom. The Bertz CT molecular complexity index is 150. The molecule has 0 aromatic heterocycles. The van der Waals surface area contributed by atoms with Crippen LogP contribution in [-0.2, 0) is 4.74 Å². The Labute approximate surface area is 74.8 Å². The van der Waals surface area contributed by atoms with Crippen LogP contribution in [-0.4, -0.2) is 18.8 Å². The number of rotatable bonds is 4. The highest BCUT2D eigenvalue weighted by atomic mass is 16.5. The van der Waals surface area contributed by atoms with Gasteiger partial charge in [0.15, 0.2) is 0 Å². The van der Waals surface area contributed by atoms with Gasteiger partial charge in [-0.15, -0.1) is 6.58 Å². The van der Waals surface area contributed by atoms with Gasteiger partial charge in [0.1, 0.15) is 0 Å². The summed E-state index contributed by atoms with van der Waals surface area (Å²) in [4.78, 5) is 0. The quantitative estimate of drug-likeness (QED) is 0.652. The Morgan fingerprint density at radius 2 is 2.50 bits per heavy atom. The molecule has 0 bridgehead atoms. The maximum atomic E-state index is 5.96. The molecule has 0 aliphatic carbocycles.